The zero-order chi connectivity index (χ0) is 49.1. The van der Waals surface area contributed by atoms with Crippen molar-refractivity contribution in [3.63, 3.8) is 0 Å². The van der Waals surface area contributed by atoms with E-state index in [-0.39, 0.29) is 60.5 Å². The number of nitrogen functional groups attached to an aromatic ring is 1. The summed E-state index contributed by atoms with van der Waals surface area (Å²) in [6, 6.07) is 18.0. The molecule has 0 radical (unpaired) electrons. The van der Waals surface area contributed by atoms with Gasteiger partial charge in [0.05, 0.1) is 40.8 Å². The van der Waals surface area contributed by atoms with E-state index in [2.05, 4.69) is 39.9 Å². The Bertz CT molecular complexity index is 3350. The summed E-state index contributed by atoms with van der Waals surface area (Å²) in [5.74, 6) is -2.33. The fourth-order valence-electron chi connectivity index (χ4n) is 8.57. The van der Waals surface area contributed by atoms with E-state index in [9.17, 15) is 33.6 Å². The molecule has 352 valence electrons. The molecule has 5 N–H and O–H groups in total. The Balaban J connectivity index is 0.000000174. The predicted octanol–water partition coefficient (Wildman–Crippen LogP) is 3.87. The average Bonchev–Trinajstić information content (AvgIpc) is 4.07. The first kappa shape index (κ1) is 45.9. The third-order valence-corrected chi connectivity index (χ3v) is 12.3. The minimum atomic E-state index is -0.631. The number of anilines is 1. The van der Waals surface area contributed by atoms with Gasteiger partial charge in [0.25, 0.3) is 40.8 Å². The number of hydrogen-bond donors (Lipinski definition) is 4. The molecule has 2 saturated heterocycles. The Labute approximate surface area is 398 Å². The highest BCUT2D eigenvalue weighted by Crippen LogP contribution is 2.31. The SMILES string of the molecule is Cc1cnc(-c2c[nH]c(=O)cn2)c2[nH]cc(C(=O)C(=O)N3CCN(C(=O)c4ccccc4)CC3)c12.Cc1cnc(-c2cnc(N)cn2)c2[nH]cc(C(=O)C(=O)N3CCN(C(=O)c4ccccc4)CC3)c12. The molecule has 2 aliphatic heterocycles. The number of carbonyl (C=O) groups excluding carboxylic acids is 6. The molecule has 8 heterocycles. The molecule has 2 aromatic carbocycles. The summed E-state index contributed by atoms with van der Waals surface area (Å²) < 4.78 is 0. The van der Waals surface area contributed by atoms with E-state index in [1.807, 2.05) is 50.2 Å². The molecule has 0 saturated carbocycles. The number of amides is 4. The third-order valence-electron chi connectivity index (χ3n) is 12.3. The predicted molar refractivity (Wildman–Crippen MR) is 257 cm³/mol. The molecule has 10 rings (SSSR count). The number of H-pyrrole nitrogens is 3. The van der Waals surface area contributed by atoms with Crippen molar-refractivity contribution in [2.75, 3.05) is 58.1 Å². The van der Waals surface area contributed by atoms with Crippen LogP contribution in [0.1, 0.15) is 52.6 Å². The van der Waals surface area contributed by atoms with Crippen LogP contribution < -0.4 is 11.3 Å². The van der Waals surface area contributed by atoms with Crippen molar-refractivity contribution < 1.29 is 28.8 Å². The first-order chi connectivity index (χ1) is 33.9. The number of aryl methyl sites for hydroxylation is 2. The summed E-state index contributed by atoms with van der Waals surface area (Å²) in [6.07, 6.45) is 11.8. The molecule has 4 amide bonds. The molecule has 2 aliphatic rings. The number of aromatic nitrogens is 8. The van der Waals surface area contributed by atoms with Crippen LogP contribution in [0, 0.1) is 13.8 Å². The van der Waals surface area contributed by atoms with Crippen LogP contribution in [0.4, 0.5) is 5.82 Å². The largest absolute Gasteiger partial charge is 0.382 e. The number of fused-ring (bicyclic) bond motifs is 2. The van der Waals surface area contributed by atoms with Crippen molar-refractivity contribution in [2.45, 2.75) is 13.8 Å². The number of nitrogens with two attached hydrogens (primary N) is 1. The lowest BCUT2D eigenvalue weighted by Crippen LogP contribution is -2.52. The molecule has 6 aromatic heterocycles. The second-order valence-electron chi connectivity index (χ2n) is 16.7. The van der Waals surface area contributed by atoms with Gasteiger partial charge in [0, 0.05) is 105 Å². The van der Waals surface area contributed by atoms with Gasteiger partial charge in [-0.15, -0.1) is 0 Å². The van der Waals surface area contributed by atoms with Crippen LogP contribution in [0.5, 0.6) is 0 Å². The maximum absolute atomic E-state index is 13.2. The van der Waals surface area contributed by atoms with E-state index < -0.39 is 23.4 Å². The standard InChI is InChI=1S/C25H23N7O3.C25H22N6O4/c1-15-11-29-21(18-13-28-19(26)14-27-18)22-20(15)17(12-30-22)23(33)25(35)32-9-7-31(8-10-32)24(34)16-5-3-2-4-6-16;1-15-11-28-21(18-13-27-19(32)14-26-18)22-20(15)17(12-29-22)23(33)25(35)31-9-7-30(8-10-31)24(34)16-5-3-2-4-6-16/h2-6,11-14,30H,7-10H2,1H3,(H2,26,28);2-6,11-14,29H,7-10H2,1H3,(H,27,32). The monoisotopic (exact) mass is 939 g/mol. The number of carbonyl (C=O) groups is 6. The molecule has 0 atom stereocenters. The van der Waals surface area contributed by atoms with Crippen molar-refractivity contribution in [3.05, 3.63) is 154 Å². The van der Waals surface area contributed by atoms with Crippen molar-refractivity contribution in [1.82, 2.24) is 59.5 Å². The fraction of sp³-hybridized carbons (Fsp3) is 0.200. The number of benzene rings is 2. The molecule has 20 heteroatoms. The van der Waals surface area contributed by atoms with Gasteiger partial charge in [-0.3, -0.25) is 43.5 Å². The van der Waals surface area contributed by atoms with Crippen LogP contribution in [0.25, 0.3) is 44.6 Å². The lowest BCUT2D eigenvalue weighted by Gasteiger charge is -2.34. The topological polar surface area (TPSA) is 270 Å². The van der Waals surface area contributed by atoms with Crippen LogP contribution in [0.2, 0.25) is 0 Å². The van der Waals surface area contributed by atoms with E-state index in [1.54, 1.807) is 46.5 Å². The lowest BCUT2D eigenvalue weighted by molar-refractivity contribution is -0.128. The van der Waals surface area contributed by atoms with Gasteiger partial charge in [-0.2, -0.15) is 0 Å². The van der Waals surface area contributed by atoms with Gasteiger partial charge < -0.3 is 40.3 Å². The molecule has 8 aromatic rings. The number of nitrogens with one attached hydrogen (secondary N) is 3. The minimum Gasteiger partial charge on any atom is -0.382 e. The number of piperazine rings is 2. The van der Waals surface area contributed by atoms with Gasteiger partial charge in [-0.05, 0) is 49.2 Å². The molecule has 0 bridgehead atoms. The number of hydrogen-bond acceptors (Lipinski definition) is 13. The van der Waals surface area contributed by atoms with Gasteiger partial charge >= 0.3 is 0 Å². The van der Waals surface area contributed by atoms with Gasteiger partial charge in [-0.1, -0.05) is 36.4 Å². The molecule has 0 unspecified atom stereocenters. The first-order valence-corrected chi connectivity index (χ1v) is 22.3. The average molecular weight is 940 g/mol. The molecular weight excluding hydrogens is 895 g/mol. The number of Topliss-reactive ketones (excluding diaryl/α,β-unsaturated/α-hetero) is 2. The zero-order valence-corrected chi connectivity index (χ0v) is 38.0. The zero-order valence-electron chi connectivity index (χ0n) is 38.0. The van der Waals surface area contributed by atoms with Crippen molar-refractivity contribution in [1.29, 1.82) is 0 Å². The summed E-state index contributed by atoms with van der Waals surface area (Å²) in [7, 11) is 0. The van der Waals surface area contributed by atoms with Gasteiger partial charge in [0.15, 0.2) is 0 Å². The van der Waals surface area contributed by atoms with Crippen molar-refractivity contribution in [3.8, 4) is 22.8 Å². The van der Waals surface area contributed by atoms with Crippen LogP contribution in [0.15, 0.2) is 115 Å². The van der Waals surface area contributed by atoms with Crippen LogP contribution in [0.3, 0.4) is 0 Å². The Morgan fingerprint density at radius 2 is 0.914 bits per heavy atom. The highest BCUT2D eigenvalue weighted by Gasteiger charge is 2.33. The molecular formula is C50H45N13O7. The lowest BCUT2D eigenvalue weighted by atomic mass is 10.0. The summed E-state index contributed by atoms with van der Waals surface area (Å²) >= 11 is 0. The Kier molecular flexibility index (Phi) is 12.8. The molecule has 70 heavy (non-hydrogen) atoms. The normalized spacial score (nSPS) is 13.7. The quantitative estimate of drug-likeness (QED) is 0.125. The maximum Gasteiger partial charge on any atom is 0.295 e. The van der Waals surface area contributed by atoms with E-state index in [0.717, 1.165) is 17.3 Å². The van der Waals surface area contributed by atoms with Crippen molar-refractivity contribution in [2.24, 2.45) is 0 Å². The summed E-state index contributed by atoms with van der Waals surface area (Å²) in [4.78, 5) is 126. The van der Waals surface area contributed by atoms with Gasteiger partial charge in [-0.25, -0.2) is 15.0 Å². The minimum absolute atomic E-state index is 0.0814. The summed E-state index contributed by atoms with van der Waals surface area (Å²) in [5.41, 5.74) is 11.5. The third kappa shape index (κ3) is 9.12. The molecule has 0 aliphatic carbocycles. The number of rotatable bonds is 8. The highest BCUT2D eigenvalue weighted by molar-refractivity contribution is 6.45. The maximum atomic E-state index is 13.2. The first-order valence-electron chi connectivity index (χ1n) is 22.3. The Morgan fingerprint density at radius 1 is 0.486 bits per heavy atom. The smallest absolute Gasteiger partial charge is 0.295 e. The van der Waals surface area contributed by atoms with Crippen LogP contribution in [-0.4, -0.2) is 147 Å². The summed E-state index contributed by atoms with van der Waals surface area (Å²) in [6.45, 7) is 6.21. The number of pyridine rings is 2. The number of ketones is 2. The Hall–Kier alpha value is -9.20. The summed E-state index contributed by atoms with van der Waals surface area (Å²) in [5, 5.41) is 1.20. The molecule has 0 spiro atoms. The number of nitrogens with zero attached hydrogens (tertiary/aromatic N) is 9. The van der Waals surface area contributed by atoms with Crippen molar-refractivity contribution >= 4 is 62.8 Å². The highest BCUT2D eigenvalue weighted by atomic mass is 16.2. The Morgan fingerprint density at radius 3 is 1.33 bits per heavy atom. The fourth-order valence-corrected chi connectivity index (χ4v) is 8.57. The van der Waals surface area contributed by atoms with E-state index in [1.165, 1.54) is 40.8 Å². The van der Waals surface area contributed by atoms with Gasteiger partial charge in [0.1, 0.15) is 28.6 Å². The van der Waals surface area contributed by atoms with Crippen LogP contribution in [-0.2, 0) is 9.59 Å². The molecule has 2 fully saturated rings. The second-order valence-corrected chi connectivity index (χ2v) is 16.7. The second kappa shape index (κ2) is 19.6. The number of aromatic amines is 3. The van der Waals surface area contributed by atoms with Gasteiger partial charge in [0.2, 0.25) is 0 Å². The van der Waals surface area contributed by atoms with E-state index >= 15 is 0 Å². The van der Waals surface area contributed by atoms with E-state index in [4.69, 9.17) is 5.73 Å². The van der Waals surface area contributed by atoms with E-state index in [0.29, 0.717) is 81.9 Å². The van der Waals surface area contributed by atoms with Crippen LogP contribution >= 0.6 is 0 Å². The molecule has 20 nitrogen and oxygen atoms in total.